The fourth-order valence-electron chi connectivity index (χ4n) is 3.16. The number of benzene rings is 1. The Morgan fingerprint density at radius 1 is 1.23 bits per heavy atom. The molecule has 1 aromatic carbocycles. The molecule has 4 N–H and O–H groups in total. The molecule has 10 nitrogen and oxygen atoms in total. The number of hydrogen-bond acceptors (Lipinski definition) is 7. The van der Waals surface area contributed by atoms with Crippen LogP contribution < -0.4 is 11.1 Å². The van der Waals surface area contributed by atoms with Gasteiger partial charge in [-0.2, -0.15) is 13.2 Å². The molecule has 0 saturated carbocycles. The predicted molar refractivity (Wildman–Crippen MR) is 117 cm³/mol. The van der Waals surface area contributed by atoms with Crippen LogP contribution in [0.3, 0.4) is 0 Å². The molecule has 4 rings (SSSR count). The molecule has 0 fully saturated rings. The number of H-pyrrole nitrogens is 1. The first kappa shape index (κ1) is 24.0. The van der Waals surface area contributed by atoms with Gasteiger partial charge in [-0.15, -0.1) is 16.4 Å². The normalized spacial score (nSPS) is 11.6. The number of carbonyl (C=O) groups excluding carboxylic acids is 2. The van der Waals surface area contributed by atoms with E-state index in [1.54, 1.807) is 0 Å². The Morgan fingerprint density at radius 3 is 2.43 bits per heavy atom. The highest BCUT2D eigenvalue weighted by Crippen LogP contribution is 2.44. The highest BCUT2D eigenvalue weighted by Gasteiger charge is 2.35. The summed E-state index contributed by atoms with van der Waals surface area (Å²) < 4.78 is 54.0. The number of halogens is 5. The van der Waals surface area contributed by atoms with E-state index in [0.29, 0.717) is 17.4 Å². The summed E-state index contributed by atoms with van der Waals surface area (Å²) in [5.74, 6) is -3.64. The number of carbonyl (C=O) groups is 2. The molecule has 35 heavy (non-hydrogen) atoms. The summed E-state index contributed by atoms with van der Waals surface area (Å²) in [5.41, 5.74) is 3.13. The van der Waals surface area contributed by atoms with Crippen LogP contribution in [-0.2, 0) is 6.18 Å². The van der Waals surface area contributed by atoms with Crippen molar-refractivity contribution in [1.82, 2.24) is 15.2 Å². The zero-order valence-electron chi connectivity index (χ0n) is 16.7. The number of primary amides is 1. The SMILES string of the molecule is NC(=O)c1sc2nc(C(F)(F)F)cc(-c3ccc(F)cc3)c2c1NC(=O)c1n[nH]c([N+](=O)[O-])c1Cl. The molecule has 180 valence electrons. The lowest BCUT2D eigenvalue weighted by Gasteiger charge is -2.12. The topological polar surface area (TPSA) is 157 Å². The number of nitrogens with two attached hydrogens (primary N) is 1. The second-order valence-corrected chi connectivity index (χ2v) is 8.23. The number of thiophene rings is 1. The molecular formula is C19H9ClF4N6O4S. The Morgan fingerprint density at radius 2 is 1.89 bits per heavy atom. The molecule has 0 aliphatic carbocycles. The van der Waals surface area contributed by atoms with Gasteiger partial charge in [-0.25, -0.2) is 9.37 Å². The van der Waals surface area contributed by atoms with Crippen molar-refractivity contribution in [3.8, 4) is 11.1 Å². The highest BCUT2D eigenvalue weighted by molar-refractivity contribution is 7.21. The van der Waals surface area contributed by atoms with Crippen molar-refractivity contribution in [3.63, 3.8) is 0 Å². The van der Waals surface area contributed by atoms with Crippen LogP contribution in [0.5, 0.6) is 0 Å². The lowest BCUT2D eigenvalue weighted by molar-refractivity contribution is -0.389. The van der Waals surface area contributed by atoms with Crippen LogP contribution in [0.25, 0.3) is 21.3 Å². The zero-order chi connectivity index (χ0) is 25.7. The molecule has 3 aromatic heterocycles. The second kappa shape index (κ2) is 8.59. The zero-order valence-corrected chi connectivity index (χ0v) is 18.3. The maximum absolute atomic E-state index is 13.5. The fraction of sp³-hybridized carbons (Fsp3) is 0.0526. The summed E-state index contributed by atoms with van der Waals surface area (Å²) in [7, 11) is 0. The molecule has 0 spiro atoms. The van der Waals surface area contributed by atoms with Crippen LogP contribution >= 0.6 is 22.9 Å². The van der Waals surface area contributed by atoms with Gasteiger partial charge in [-0.05, 0) is 34.2 Å². The van der Waals surface area contributed by atoms with Crippen LogP contribution in [0.4, 0.5) is 29.1 Å². The third-order valence-electron chi connectivity index (χ3n) is 4.66. The number of nitro groups is 1. The van der Waals surface area contributed by atoms with Crippen molar-refractivity contribution >= 4 is 56.5 Å². The minimum absolute atomic E-state index is 0.0992. The molecule has 0 unspecified atom stereocenters. The maximum Gasteiger partial charge on any atom is 0.433 e. The maximum atomic E-state index is 13.5. The summed E-state index contributed by atoms with van der Waals surface area (Å²) in [4.78, 5) is 37.8. The quantitative estimate of drug-likeness (QED) is 0.192. The Kier molecular flexibility index (Phi) is 5.90. The average Bonchev–Trinajstić information content (AvgIpc) is 3.34. The summed E-state index contributed by atoms with van der Waals surface area (Å²) in [6.45, 7) is 0. The van der Waals surface area contributed by atoms with E-state index in [1.165, 1.54) is 12.1 Å². The minimum Gasteiger partial charge on any atom is -0.365 e. The van der Waals surface area contributed by atoms with Crippen molar-refractivity contribution in [2.45, 2.75) is 6.18 Å². The number of aromatic nitrogens is 3. The molecule has 0 atom stereocenters. The van der Waals surface area contributed by atoms with Gasteiger partial charge in [0.05, 0.1) is 5.69 Å². The van der Waals surface area contributed by atoms with E-state index in [9.17, 15) is 37.3 Å². The number of rotatable bonds is 5. The van der Waals surface area contributed by atoms with E-state index in [0.717, 1.165) is 12.1 Å². The molecule has 0 bridgehead atoms. The Hall–Kier alpha value is -4.11. The second-order valence-electron chi connectivity index (χ2n) is 6.86. The summed E-state index contributed by atoms with van der Waals surface area (Å²) in [5, 5.41) is 18.0. The van der Waals surface area contributed by atoms with Crippen LogP contribution in [0.2, 0.25) is 5.02 Å². The van der Waals surface area contributed by atoms with Gasteiger partial charge < -0.3 is 21.2 Å². The van der Waals surface area contributed by atoms with E-state index in [1.807, 2.05) is 5.10 Å². The molecule has 2 amide bonds. The molecule has 0 radical (unpaired) electrons. The lowest BCUT2D eigenvalue weighted by atomic mass is 10.0. The van der Waals surface area contributed by atoms with E-state index in [2.05, 4.69) is 15.4 Å². The first-order chi connectivity index (χ1) is 16.4. The largest absolute Gasteiger partial charge is 0.433 e. The van der Waals surface area contributed by atoms with E-state index >= 15 is 0 Å². The first-order valence-corrected chi connectivity index (χ1v) is 10.4. The third kappa shape index (κ3) is 4.38. The number of anilines is 1. The van der Waals surface area contributed by atoms with Crippen molar-refractivity contribution in [2.24, 2.45) is 5.73 Å². The van der Waals surface area contributed by atoms with Gasteiger partial charge >= 0.3 is 12.0 Å². The van der Waals surface area contributed by atoms with Gasteiger partial charge in [0.1, 0.15) is 21.2 Å². The summed E-state index contributed by atoms with van der Waals surface area (Å²) in [6.07, 6.45) is -4.87. The average molecular weight is 529 g/mol. The number of alkyl halides is 3. The summed E-state index contributed by atoms with van der Waals surface area (Å²) >= 11 is 6.31. The van der Waals surface area contributed by atoms with Crippen LogP contribution in [0.1, 0.15) is 25.9 Å². The van der Waals surface area contributed by atoms with E-state index < -0.39 is 51.0 Å². The molecule has 16 heteroatoms. The van der Waals surface area contributed by atoms with Crippen molar-refractivity contribution < 1.29 is 32.1 Å². The number of nitrogens with zero attached hydrogens (tertiary/aromatic N) is 3. The molecule has 0 aliphatic heterocycles. The van der Waals surface area contributed by atoms with Crippen LogP contribution in [0.15, 0.2) is 30.3 Å². The standard InChI is InChI=1S/C19H9ClF4N6O4S/c20-11-13(28-29-16(11)30(33)34)17(32)27-12-10-8(6-1-3-7(21)4-2-6)5-9(19(22,23)24)26-18(10)35-14(12)15(25)31/h1-5H,(H2,25,31)(H,27,32)(H,28,29). The van der Waals surface area contributed by atoms with Gasteiger partial charge in [0.15, 0.2) is 10.7 Å². The molecule has 3 heterocycles. The molecule has 0 aliphatic rings. The molecule has 0 saturated heterocycles. The van der Waals surface area contributed by atoms with Crippen LogP contribution in [-0.4, -0.2) is 31.9 Å². The monoisotopic (exact) mass is 528 g/mol. The lowest BCUT2D eigenvalue weighted by Crippen LogP contribution is -2.17. The van der Waals surface area contributed by atoms with Crippen molar-refractivity contribution in [1.29, 1.82) is 0 Å². The van der Waals surface area contributed by atoms with Gasteiger partial charge in [-0.3, -0.25) is 9.59 Å². The predicted octanol–water partition coefficient (Wildman–Crippen LogP) is 4.76. The van der Waals surface area contributed by atoms with E-state index in [-0.39, 0.29) is 31.9 Å². The third-order valence-corrected chi connectivity index (χ3v) is 6.11. The Balaban J connectivity index is 1.96. The number of hydrogen-bond donors (Lipinski definition) is 3. The number of nitrogens with one attached hydrogen (secondary N) is 2. The highest BCUT2D eigenvalue weighted by atomic mass is 35.5. The van der Waals surface area contributed by atoms with Crippen LogP contribution in [0, 0.1) is 15.9 Å². The van der Waals surface area contributed by atoms with Crippen molar-refractivity contribution in [3.05, 3.63) is 67.6 Å². The van der Waals surface area contributed by atoms with E-state index in [4.69, 9.17) is 17.3 Å². The fourth-order valence-corrected chi connectivity index (χ4v) is 4.40. The number of fused-ring (bicyclic) bond motifs is 1. The minimum atomic E-state index is -4.87. The van der Waals surface area contributed by atoms with Gasteiger partial charge in [0.25, 0.3) is 11.8 Å². The molecular weight excluding hydrogens is 520 g/mol. The van der Waals surface area contributed by atoms with Crippen molar-refractivity contribution in [2.75, 3.05) is 5.32 Å². The number of pyridine rings is 1. The number of amides is 2. The first-order valence-electron chi connectivity index (χ1n) is 9.18. The van der Waals surface area contributed by atoms with Gasteiger partial charge in [-0.1, -0.05) is 28.8 Å². The Labute approximate surface area is 199 Å². The summed E-state index contributed by atoms with van der Waals surface area (Å²) in [6, 6.07) is 5.10. The van der Waals surface area contributed by atoms with Gasteiger partial charge in [0.2, 0.25) is 0 Å². The Bertz CT molecular complexity index is 1520. The smallest absolute Gasteiger partial charge is 0.365 e. The number of aromatic amines is 1. The molecule has 4 aromatic rings. The van der Waals surface area contributed by atoms with Gasteiger partial charge in [0, 0.05) is 5.39 Å².